The molecule has 5 nitrogen and oxygen atoms in total. The minimum Gasteiger partial charge on any atom is -0.249 e. The quantitative estimate of drug-likeness (QED) is 0.335. The van der Waals surface area contributed by atoms with Gasteiger partial charge in [-0.05, 0) is 75.4 Å². The molecule has 0 N–H and O–H groups in total. The van der Waals surface area contributed by atoms with E-state index in [1.807, 2.05) is 20.8 Å². The van der Waals surface area contributed by atoms with Crippen LogP contribution in [0.2, 0.25) is 0 Å². The molecule has 1 unspecified atom stereocenters. The molecule has 4 aromatic rings. The largest absolute Gasteiger partial charge is 0.249 e. The summed E-state index contributed by atoms with van der Waals surface area (Å²) in [4.78, 5) is 0.127. The molecule has 0 aromatic heterocycles. The summed E-state index contributed by atoms with van der Waals surface area (Å²) < 4.78 is 67.3. The average molecular weight is 525 g/mol. The number of aryl methyl sites for hydroxylation is 3. The Hall–Kier alpha value is -3.07. The first-order chi connectivity index (χ1) is 16.5. The van der Waals surface area contributed by atoms with E-state index in [0.717, 1.165) is 22.8 Å². The second-order valence-corrected chi connectivity index (χ2v) is 13.7. The van der Waals surface area contributed by atoms with Crippen molar-refractivity contribution in [3.05, 3.63) is 108 Å². The van der Waals surface area contributed by atoms with E-state index in [1.165, 1.54) is 36.4 Å². The predicted octanol–water partition coefficient (Wildman–Crippen LogP) is 5.44. The predicted molar refractivity (Wildman–Crippen MR) is 136 cm³/mol. The van der Waals surface area contributed by atoms with Crippen LogP contribution in [0.15, 0.2) is 120 Å². The maximum absolute atomic E-state index is 13.5. The van der Waals surface area contributed by atoms with E-state index in [1.54, 1.807) is 48.5 Å². The molecule has 4 aromatic carbocycles. The van der Waals surface area contributed by atoms with Gasteiger partial charge in [0, 0.05) is 9.79 Å². The lowest BCUT2D eigenvalue weighted by atomic mass is 10.2. The Kier molecular flexibility index (Phi) is 6.81. The van der Waals surface area contributed by atoms with Crippen molar-refractivity contribution < 1.29 is 21.0 Å². The summed E-state index contributed by atoms with van der Waals surface area (Å²) in [5, 5.41) is 0. The molecule has 0 radical (unpaired) electrons. The Morgan fingerprint density at radius 1 is 0.457 bits per heavy atom. The first-order valence-corrected chi connectivity index (χ1v) is 14.9. The van der Waals surface area contributed by atoms with Gasteiger partial charge in [0.1, 0.15) is 0 Å². The fourth-order valence-electron chi connectivity index (χ4n) is 3.47. The molecule has 0 saturated heterocycles. The lowest BCUT2D eigenvalue weighted by Crippen LogP contribution is -2.08. The molecule has 4 rings (SSSR count). The molecule has 0 saturated carbocycles. The molecule has 0 heterocycles. The molecular weight excluding hydrogens is 500 g/mol. The highest BCUT2D eigenvalue weighted by Gasteiger charge is 2.26. The van der Waals surface area contributed by atoms with Gasteiger partial charge in [-0.1, -0.05) is 53.1 Å². The molecule has 35 heavy (non-hydrogen) atoms. The molecule has 1 atom stereocenters. The van der Waals surface area contributed by atoms with Crippen molar-refractivity contribution in [1.82, 2.24) is 0 Å². The third-order valence-electron chi connectivity index (χ3n) is 5.59. The van der Waals surface area contributed by atoms with Gasteiger partial charge in [-0.25, -0.2) is 21.0 Å². The van der Waals surface area contributed by atoms with Crippen molar-refractivity contribution >= 4 is 30.5 Å². The van der Waals surface area contributed by atoms with Crippen LogP contribution in [0.4, 0.5) is 0 Å². The molecule has 0 aliphatic rings. The van der Waals surface area contributed by atoms with Gasteiger partial charge < -0.3 is 0 Å². The standard InChI is InChI=1S/C27H24O5S3/c1-19-4-10-22(11-5-19)33(28)23-16-26(34(29,30)24-12-6-20(2)7-13-24)18-27(17-23)35(31,32)25-14-8-21(3)9-15-25/h4-18H,1-3H3. The molecule has 0 fully saturated rings. The van der Waals surface area contributed by atoms with Gasteiger partial charge in [0.15, 0.2) is 0 Å². The number of benzene rings is 4. The third-order valence-corrected chi connectivity index (χ3v) is 10.4. The van der Waals surface area contributed by atoms with Crippen LogP contribution in [0, 0.1) is 20.8 Å². The second-order valence-electron chi connectivity index (χ2n) is 8.35. The minimum atomic E-state index is -4.07. The molecule has 0 aliphatic carbocycles. The van der Waals surface area contributed by atoms with Crippen molar-refractivity contribution in [2.45, 2.75) is 50.1 Å². The van der Waals surface area contributed by atoms with Gasteiger partial charge in [-0.15, -0.1) is 0 Å². The summed E-state index contributed by atoms with van der Waals surface area (Å²) in [6.07, 6.45) is 0. The minimum absolute atomic E-state index is 0.0278. The summed E-state index contributed by atoms with van der Waals surface area (Å²) in [5.74, 6) is 0. The van der Waals surface area contributed by atoms with Crippen LogP contribution in [-0.2, 0) is 30.5 Å². The Labute approximate surface area is 208 Å². The highest BCUT2D eigenvalue weighted by molar-refractivity contribution is 7.92. The number of hydrogen-bond acceptors (Lipinski definition) is 5. The summed E-state index contributed by atoms with van der Waals surface area (Å²) in [5.41, 5.74) is 2.76. The fraction of sp³-hybridized carbons (Fsp3) is 0.111. The van der Waals surface area contributed by atoms with E-state index in [-0.39, 0.29) is 24.5 Å². The maximum atomic E-state index is 13.5. The first-order valence-electron chi connectivity index (χ1n) is 10.8. The van der Waals surface area contributed by atoms with Crippen LogP contribution >= 0.6 is 0 Å². The topological polar surface area (TPSA) is 85.3 Å². The van der Waals surface area contributed by atoms with Crippen molar-refractivity contribution in [3.63, 3.8) is 0 Å². The summed E-state index contributed by atoms with van der Waals surface area (Å²) in [6, 6.07) is 23.3. The van der Waals surface area contributed by atoms with E-state index < -0.39 is 30.5 Å². The lowest BCUT2D eigenvalue weighted by Gasteiger charge is -2.12. The molecule has 180 valence electrons. The van der Waals surface area contributed by atoms with Gasteiger partial charge in [0.05, 0.1) is 30.4 Å². The molecular formula is C27H24O5S3. The van der Waals surface area contributed by atoms with Gasteiger partial charge in [0.2, 0.25) is 19.7 Å². The monoisotopic (exact) mass is 524 g/mol. The van der Waals surface area contributed by atoms with E-state index in [0.29, 0.717) is 4.90 Å². The van der Waals surface area contributed by atoms with E-state index in [2.05, 4.69) is 0 Å². The highest BCUT2D eigenvalue weighted by Crippen LogP contribution is 2.31. The second kappa shape index (κ2) is 9.53. The van der Waals surface area contributed by atoms with Crippen LogP contribution in [-0.4, -0.2) is 21.0 Å². The number of sulfone groups is 2. The van der Waals surface area contributed by atoms with Crippen molar-refractivity contribution in [3.8, 4) is 0 Å². The van der Waals surface area contributed by atoms with E-state index >= 15 is 0 Å². The summed E-state index contributed by atoms with van der Waals surface area (Å²) >= 11 is 0. The Bertz CT molecular complexity index is 1530. The Morgan fingerprint density at radius 3 is 1.17 bits per heavy atom. The summed E-state index contributed by atoms with van der Waals surface area (Å²) in [7, 11) is -9.94. The van der Waals surface area contributed by atoms with Gasteiger partial charge in [-0.3, -0.25) is 0 Å². The smallest absolute Gasteiger partial charge is 0.206 e. The van der Waals surface area contributed by atoms with Crippen LogP contribution in [0.25, 0.3) is 0 Å². The molecule has 8 heteroatoms. The third kappa shape index (κ3) is 5.15. The Balaban J connectivity index is 1.93. The normalized spacial score (nSPS) is 12.9. The van der Waals surface area contributed by atoms with Crippen LogP contribution in [0.3, 0.4) is 0 Å². The van der Waals surface area contributed by atoms with Gasteiger partial charge in [-0.2, -0.15) is 0 Å². The zero-order valence-electron chi connectivity index (χ0n) is 19.4. The lowest BCUT2D eigenvalue weighted by molar-refractivity contribution is 0.593. The Morgan fingerprint density at radius 2 is 0.800 bits per heavy atom. The average Bonchev–Trinajstić information content (AvgIpc) is 2.84. The molecule has 0 bridgehead atoms. The maximum Gasteiger partial charge on any atom is 0.206 e. The van der Waals surface area contributed by atoms with Crippen LogP contribution in [0.5, 0.6) is 0 Å². The van der Waals surface area contributed by atoms with Gasteiger partial charge in [0.25, 0.3) is 0 Å². The van der Waals surface area contributed by atoms with Crippen LogP contribution < -0.4 is 0 Å². The van der Waals surface area contributed by atoms with E-state index in [9.17, 15) is 21.0 Å². The summed E-state index contributed by atoms with van der Waals surface area (Å²) in [6.45, 7) is 5.58. The van der Waals surface area contributed by atoms with E-state index in [4.69, 9.17) is 0 Å². The fourth-order valence-corrected chi connectivity index (χ4v) is 7.48. The highest BCUT2D eigenvalue weighted by atomic mass is 32.2. The van der Waals surface area contributed by atoms with Gasteiger partial charge >= 0.3 is 0 Å². The van der Waals surface area contributed by atoms with Crippen molar-refractivity contribution in [2.75, 3.05) is 0 Å². The molecule has 0 amide bonds. The first kappa shape index (κ1) is 25.0. The molecule has 0 aliphatic heterocycles. The zero-order valence-corrected chi connectivity index (χ0v) is 21.9. The van der Waals surface area contributed by atoms with Crippen molar-refractivity contribution in [1.29, 1.82) is 0 Å². The number of rotatable bonds is 6. The zero-order chi connectivity index (χ0) is 25.4. The van der Waals surface area contributed by atoms with Crippen molar-refractivity contribution in [2.24, 2.45) is 0 Å². The molecule has 0 spiro atoms. The van der Waals surface area contributed by atoms with Crippen LogP contribution in [0.1, 0.15) is 16.7 Å². The number of hydrogen-bond donors (Lipinski definition) is 0. The SMILES string of the molecule is Cc1ccc(S(=O)c2cc(S(=O)(=O)c3ccc(C)cc3)cc(S(=O)(=O)c3ccc(C)cc3)c2)cc1.